The minimum absolute atomic E-state index is 0.233. The SMILES string of the molecule is COc1cc(C(=O)c2cc(N)ccc2-c2ccco2)cc(OC)c1OC. The van der Waals surface area contributed by atoms with E-state index in [2.05, 4.69) is 0 Å². The fourth-order valence-electron chi connectivity index (χ4n) is 2.76. The molecule has 3 aromatic rings. The fourth-order valence-corrected chi connectivity index (χ4v) is 2.76. The van der Waals surface area contributed by atoms with E-state index >= 15 is 0 Å². The minimum atomic E-state index is -0.233. The summed E-state index contributed by atoms with van der Waals surface area (Å²) in [6.45, 7) is 0. The monoisotopic (exact) mass is 353 g/mol. The molecule has 6 nitrogen and oxygen atoms in total. The molecule has 0 atom stereocenters. The molecule has 0 spiro atoms. The molecule has 134 valence electrons. The first-order valence-corrected chi connectivity index (χ1v) is 7.87. The summed E-state index contributed by atoms with van der Waals surface area (Å²) < 4.78 is 21.4. The van der Waals surface area contributed by atoms with E-state index in [1.54, 1.807) is 48.7 Å². The van der Waals surface area contributed by atoms with Gasteiger partial charge >= 0.3 is 0 Å². The molecule has 0 aliphatic carbocycles. The number of benzene rings is 2. The molecule has 1 aromatic heterocycles. The lowest BCUT2D eigenvalue weighted by Gasteiger charge is -2.14. The zero-order valence-electron chi connectivity index (χ0n) is 14.7. The molecule has 0 saturated carbocycles. The summed E-state index contributed by atoms with van der Waals surface area (Å²) in [6, 6.07) is 11.9. The van der Waals surface area contributed by atoms with Crippen molar-refractivity contribution in [2.75, 3.05) is 27.1 Å². The quantitative estimate of drug-likeness (QED) is 0.536. The highest BCUT2D eigenvalue weighted by atomic mass is 16.5. The maximum absolute atomic E-state index is 13.2. The Labute approximate surface area is 151 Å². The number of hydrogen-bond donors (Lipinski definition) is 1. The third-order valence-electron chi connectivity index (χ3n) is 4.00. The Bertz CT molecular complexity index is 906. The first-order chi connectivity index (χ1) is 12.6. The van der Waals surface area contributed by atoms with Crippen LogP contribution in [0.1, 0.15) is 15.9 Å². The Kier molecular flexibility index (Phi) is 4.84. The summed E-state index contributed by atoms with van der Waals surface area (Å²) in [7, 11) is 4.51. The second kappa shape index (κ2) is 7.23. The lowest BCUT2D eigenvalue weighted by molar-refractivity contribution is 0.103. The van der Waals surface area contributed by atoms with Gasteiger partial charge in [-0.3, -0.25) is 4.79 Å². The van der Waals surface area contributed by atoms with Crippen LogP contribution >= 0.6 is 0 Å². The first kappa shape index (κ1) is 17.4. The van der Waals surface area contributed by atoms with E-state index in [9.17, 15) is 4.79 Å². The van der Waals surface area contributed by atoms with Crippen LogP contribution in [0.5, 0.6) is 17.2 Å². The molecular formula is C20H19NO5. The molecule has 1 heterocycles. The van der Waals surface area contributed by atoms with Crippen molar-refractivity contribution in [3.63, 3.8) is 0 Å². The average Bonchev–Trinajstić information content (AvgIpc) is 3.20. The van der Waals surface area contributed by atoms with Crippen LogP contribution in [0.25, 0.3) is 11.3 Å². The van der Waals surface area contributed by atoms with Crippen molar-refractivity contribution in [2.24, 2.45) is 0 Å². The molecule has 0 radical (unpaired) electrons. The number of methoxy groups -OCH3 is 3. The van der Waals surface area contributed by atoms with E-state index < -0.39 is 0 Å². The van der Waals surface area contributed by atoms with Crippen LogP contribution in [-0.4, -0.2) is 27.1 Å². The van der Waals surface area contributed by atoms with Crippen molar-refractivity contribution < 1.29 is 23.4 Å². The highest BCUT2D eigenvalue weighted by Crippen LogP contribution is 2.39. The van der Waals surface area contributed by atoms with Gasteiger partial charge in [0.05, 0.1) is 27.6 Å². The molecule has 26 heavy (non-hydrogen) atoms. The van der Waals surface area contributed by atoms with Crippen molar-refractivity contribution in [2.45, 2.75) is 0 Å². The molecule has 2 aromatic carbocycles. The number of rotatable bonds is 6. The Morgan fingerprint density at radius 3 is 2.19 bits per heavy atom. The van der Waals surface area contributed by atoms with Gasteiger partial charge in [0.25, 0.3) is 0 Å². The van der Waals surface area contributed by atoms with Crippen molar-refractivity contribution in [3.05, 3.63) is 59.9 Å². The van der Waals surface area contributed by atoms with E-state index in [-0.39, 0.29) is 5.78 Å². The first-order valence-electron chi connectivity index (χ1n) is 7.87. The number of carbonyl (C=O) groups excluding carboxylic acids is 1. The molecule has 0 aliphatic heterocycles. The van der Waals surface area contributed by atoms with Crippen LogP contribution in [-0.2, 0) is 0 Å². The lowest BCUT2D eigenvalue weighted by Crippen LogP contribution is -2.06. The van der Waals surface area contributed by atoms with Gasteiger partial charge in [0.15, 0.2) is 17.3 Å². The number of nitrogen functional groups attached to an aromatic ring is 1. The molecular weight excluding hydrogens is 334 g/mol. The molecule has 3 rings (SSSR count). The molecule has 2 N–H and O–H groups in total. The highest BCUT2D eigenvalue weighted by molar-refractivity contribution is 6.13. The fraction of sp³-hybridized carbons (Fsp3) is 0.150. The highest BCUT2D eigenvalue weighted by Gasteiger charge is 2.21. The number of nitrogens with two attached hydrogens (primary N) is 1. The third kappa shape index (κ3) is 3.09. The molecule has 6 heteroatoms. The Morgan fingerprint density at radius 2 is 1.65 bits per heavy atom. The molecule has 0 aliphatic rings. The smallest absolute Gasteiger partial charge is 0.203 e. The second-order valence-corrected chi connectivity index (χ2v) is 5.53. The molecule has 0 unspecified atom stereocenters. The number of ketones is 1. The van der Waals surface area contributed by atoms with E-state index in [1.807, 2.05) is 0 Å². The topological polar surface area (TPSA) is 83.9 Å². The molecule has 0 fully saturated rings. The summed E-state index contributed by atoms with van der Waals surface area (Å²) in [4.78, 5) is 13.2. The van der Waals surface area contributed by atoms with Crippen LogP contribution in [0.15, 0.2) is 53.1 Å². The summed E-state index contributed by atoms with van der Waals surface area (Å²) >= 11 is 0. The maximum Gasteiger partial charge on any atom is 0.203 e. The van der Waals surface area contributed by atoms with Gasteiger partial charge in [-0.2, -0.15) is 0 Å². The number of carbonyl (C=O) groups is 1. The molecule has 0 bridgehead atoms. The summed E-state index contributed by atoms with van der Waals surface area (Å²) in [5, 5.41) is 0. The van der Waals surface area contributed by atoms with Crippen molar-refractivity contribution in [3.8, 4) is 28.6 Å². The van der Waals surface area contributed by atoms with Crippen LogP contribution in [0.3, 0.4) is 0 Å². The molecule has 0 saturated heterocycles. The van der Waals surface area contributed by atoms with Crippen molar-refractivity contribution in [1.29, 1.82) is 0 Å². The second-order valence-electron chi connectivity index (χ2n) is 5.53. The molecule has 0 amide bonds. The van der Waals surface area contributed by atoms with Gasteiger partial charge < -0.3 is 24.4 Å². The van der Waals surface area contributed by atoms with Gasteiger partial charge in [-0.25, -0.2) is 0 Å². The van der Waals surface area contributed by atoms with E-state index in [0.717, 1.165) is 0 Å². The number of hydrogen-bond acceptors (Lipinski definition) is 6. The van der Waals surface area contributed by atoms with E-state index in [0.29, 0.717) is 45.4 Å². The summed E-state index contributed by atoms with van der Waals surface area (Å²) in [6.07, 6.45) is 1.55. The minimum Gasteiger partial charge on any atom is -0.493 e. The van der Waals surface area contributed by atoms with Crippen molar-refractivity contribution in [1.82, 2.24) is 0 Å². The summed E-state index contributed by atoms with van der Waals surface area (Å²) in [5.74, 6) is 1.58. The Balaban J connectivity index is 2.15. The van der Waals surface area contributed by atoms with Gasteiger partial charge in [0.1, 0.15) is 5.76 Å². The van der Waals surface area contributed by atoms with E-state index in [4.69, 9.17) is 24.4 Å². The lowest BCUT2D eigenvalue weighted by atomic mass is 9.96. The number of furan rings is 1. The predicted octanol–water partition coefficient (Wildman–Crippen LogP) is 3.79. The third-order valence-corrected chi connectivity index (χ3v) is 4.00. The maximum atomic E-state index is 13.2. The predicted molar refractivity (Wildman–Crippen MR) is 98.1 cm³/mol. The largest absolute Gasteiger partial charge is 0.493 e. The zero-order chi connectivity index (χ0) is 18.7. The van der Waals surface area contributed by atoms with Gasteiger partial charge in [-0.05, 0) is 42.5 Å². The zero-order valence-corrected chi connectivity index (χ0v) is 14.7. The normalized spacial score (nSPS) is 10.4. The Morgan fingerprint density at radius 1 is 0.962 bits per heavy atom. The van der Waals surface area contributed by atoms with E-state index in [1.165, 1.54) is 21.3 Å². The van der Waals surface area contributed by atoms with Crippen LogP contribution in [0, 0.1) is 0 Å². The van der Waals surface area contributed by atoms with Crippen LogP contribution < -0.4 is 19.9 Å². The van der Waals surface area contributed by atoms with Crippen LogP contribution in [0.4, 0.5) is 5.69 Å². The number of ether oxygens (including phenoxy) is 3. The van der Waals surface area contributed by atoms with Crippen molar-refractivity contribution >= 4 is 11.5 Å². The average molecular weight is 353 g/mol. The van der Waals surface area contributed by atoms with Crippen LogP contribution in [0.2, 0.25) is 0 Å². The van der Waals surface area contributed by atoms with Gasteiger partial charge in [-0.1, -0.05) is 0 Å². The van der Waals surface area contributed by atoms with Gasteiger partial charge in [-0.15, -0.1) is 0 Å². The summed E-state index contributed by atoms with van der Waals surface area (Å²) in [5.41, 5.74) is 7.85. The number of anilines is 1. The Hall–Kier alpha value is -3.41. The van der Waals surface area contributed by atoms with Gasteiger partial charge in [0.2, 0.25) is 5.75 Å². The standard InChI is InChI=1S/C20H19NO5/c1-23-17-9-12(10-18(24-2)20(17)25-3)19(22)15-11-13(21)6-7-14(15)16-5-4-8-26-16/h4-11H,21H2,1-3H3. The van der Waals surface area contributed by atoms with Gasteiger partial charge in [0, 0.05) is 22.4 Å².